The Morgan fingerprint density at radius 1 is 1.04 bits per heavy atom. The molecule has 0 saturated heterocycles. The average molecular weight is 334 g/mol. The number of nitrogens with one attached hydrogen (secondary N) is 1. The lowest BCUT2D eigenvalue weighted by Crippen LogP contribution is -2.26. The molecule has 4 heteroatoms. The highest BCUT2D eigenvalue weighted by molar-refractivity contribution is 5.76. The molecule has 0 aliphatic carbocycles. The van der Waals surface area contributed by atoms with Crippen LogP contribution in [0.4, 0.5) is 0 Å². The Balaban J connectivity index is 1.66. The quantitative estimate of drug-likeness (QED) is 0.714. The van der Waals surface area contributed by atoms with Gasteiger partial charge in [-0.2, -0.15) is 0 Å². The molecule has 0 saturated carbocycles. The van der Waals surface area contributed by atoms with Crippen LogP contribution in [-0.4, -0.2) is 17.6 Å². The van der Waals surface area contributed by atoms with E-state index in [-0.39, 0.29) is 11.9 Å². The summed E-state index contributed by atoms with van der Waals surface area (Å²) in [6.45, 7) is 0.489. The van der Waals surface area contributed by atoms with E-state index < -0.39 is 0 Å². The number of nitrogens with zero attached hydrogens (tertiary/aromatic N) is 1. The highest BCUT2D eigenvalue weighted by Crippen LogP contribution is 2.22. The summed E-state index contributed by atoms with van der Waals surface area (Å²) in [6.07, 6.45) is 4.38. The molecule has 1 N–H and O–H groups in total. The van der Waals surface area contributed by atoms with Crippen molar-refractivity contribution in [3.05, 3.63) is 90.3 Å². The first-order chi connectivity index (χ1) is 12.3. The van der Waals surface area contributed by atoms with Crippen LogP contribution in [0.2, 0.25) is 0 Å². The number of amides is 1. The second kappa shape index (κ2) is 8.20. The number of hydrogen-bond donors (Lipinski definition) is 1. The number of ether oxygens (including phenoxy) is 1. The van der Waals surface area contributed by atoms with E-state index in [0.29, 0.717) is 13.0 Å². The molecule has 1 atom stereocenters. The molecule has 1 amide bonds. The van der Waals surface area contributed by atoms with Gasteiger partial charge in [-0.15, -0.1) is 0 Å². The zero-order valence-electron chi connectivity index (χ0n) is 14.3. The molecule has 1 heterocycles. The number of aromatic nitrogens is 1. The summed E-state index contributed by atoms with van der Waals surface area (Å²) in [5.74, 6) is 0.812. The van der Waals surface area contributed by atoms with E-state index in [2.05, 4.69) is 22.0 Å². The lowest BCUT2D eigenvalue weighted by molar-refractivity contribution is -0.121. The normalized spacial score (nSPS) is 11.7. The minimum Gasteiger partial charge on any atom is -0.497 e. The third kappa shape index (κ3) is 4.51. The van der Waals surface area contributed by atoms with Crippen molar-refractivity contribution in [2.75, 3.05) is 7.11 Å². The first-order valence-electron chi connectivity index (χ1n) is 8.33. The highest BCUT2D eigenvalue weighted by atomic mass is 16.5. The third-order valence-electron chi connectivity index (χ3n) is 4.17. The second-order valence-corrected chi connectivity index (χ2v) is 5.89. The molecule has 0 spiro atoms. The fraction of sp³-hybridized carbons (Fsp3) is 0.190. The lowest BCUT2D eigenvalue weighted by atomic mass is 10.0. The largest absolute Gasteiger partial charge is 0.497 e. The number of rotatable bonds is 7. The van der Waals surface area contributed by atoms with Crippen LogP contribution in [0.15, 0.2) is 79.1 Å². The maximum Gasteiger partial charge on any atom is 0.222 e. The Kier molecular flexibility index (Phi) is 5.52. The van der Waals surface area contributed by atoms with E-state index in [1.54, 1.807) is 7.11 Å². The number of hydrogen-bond acceptors (Lipinski definition) is 2. The molecule has 1 aromatic heterocycles. The molecule has 0 radical (unpaired) electrons. The molecule has 25 heavy (non-hydrogen) atoms. The Labute approximate surface area is 148 Å². The van der Waals surface area contributed by atoms with Gasteiger partial charge in [-0.3, -0.25) is 4.79 Å². The fourth-order valence-corrected chi connectivity index (χ4v) is 2.86. The average Bonchev–Trinajstić information content (AvgIpc) is 3.20. The Morgan fingerprint density at radius 3 is 2.52 bits per heavy atom. The van der Waals surface area contributed by atoms with Crippen molar-refractivity contribution in [2.45, 2.75) is 19.0 Å². The molecule has 3 rings (SSSR count). The van der Waals surface area contributed by atoms with Crippen molar-refractivity contribution >= 4 is 5.91 Å². The van der Waals surface area contributed by atoms with E-state index >= 15 is 0 Å². The summed E-state index contributed by atoms with van der Waals surface area (Å²) in [7, 11) is 1.64. The van der Waals surface area contributed by atoms with Gasteiger partial charge in [-0.1, -0.05) is 42.5 Å². The summed E-state index contributed by atoms with van der Waals surface area (Å²) in [5, 5.41) is 3.00. The van der Waals surface area contributed by atoms with Gasteiger partial charge in [0.05, 0.1) is 19.6 Å². The van der Waals surface area contributed by atoms with Gasteiger partial charge in [0, 0.05) is 18.9 Å². The topological polar surface area (TPSA) is 43.3 Å². The molecule has 128 valence electrons. The fourth-order valence-electron chi connectivity index (χ4n) is 2.86. The highest BCUT2D eigenvalue weighted by Gasteiger charge is 2.17. The first-order valence-corrected chi connectivity index (χ1v) is 8.33. The summed E-state index contributed by atoms with van der Waals surface area (Å²) in [5.41, 5.74) is 2.14. The van der Waals surface area contributed by atoms with Crippen molar-refractivity contribution in [1.82, 2.24) is 9.88 Å². The molecule has 0 aliphatic heterocycles. The van der Waals surface area contributed by atoms with Gasteiger partial charge in [-0.05, 0) is 35.4 Å². The summed E-state index contributed by atoms with van der Waals surface area (Å²) in [4.78, 5) is 12.5. The van der Waals surface area contributed by atoms with E-state index in [0.717, 1.165) is 16.9 Å². The lowest BCUT2D eigenvalue weighted by Gasteiger charge is -2.19. The second-order valence-electron chi connectivity index (χ2n) is 5.89. The smallest absolute Gasteiger partial charge is 0.222 e. The van der Waals surface area contributed by atoms with Crippen LogP contribution in [0.5, 0.6) is 5.75 Å². The summed E-state index contributed by atoms with van der Waals surface area (Å²) >= 11 is 0. The Bertz CT molecular complexity index is 798. The van der Waals surface area contributed by atoms with E-state index in [1.807, 2.05) is 67.0 Å². The van der Waals surface area contributed by atoms with Crippen LogP contribution in [-0.2, 0) is 11.3 Å². The predicted molar refractivity (Wildman–Crippen MR) is 98.5 cm³/mol. The van der Waals surface area contributed by atoms with Crippen LogP contribution in [0.1, 0.15) is 23.6 Å². The first kappa shape index (κ1) is 16.8. The molecular weight excluding hydrogens is 312 g/mol. The molecule has 0 aliphatic rings. The van der Waals surface area contributed by atoms with E-state index in [1.165, 1.54) is 0 Å². The van der Waals surface area contributed by atoms with Crippen LogP contribution in [0.25, 0.3) is 0 Å². The SMILES string of the molecule is COc1cccc(CNC(=O)C[C@H](c2ccccc2)n2cccc2)c1. The maximum atomic E-state index is 12.5. The zero-order valence-corrected chi connectivity index (χ0v) is 14.3. The van der Waals surface area contributed by atoms with Crippen LogP contribution >= 0.6 is 0 Å². The van der Waals surface area contributed by atoms with Crippen LogP contribution < -0.4 is 10.1 Å². The van der Waals surface area contributed by atoms with Gasteiger partial charge >= 0.3 is 0 Å². The van der Waals surface area contributed by atoms with Gasteiger partial charge in [0.2, 0.25) is 5.91 Å². The number of carbonyl (C=O) groups excluding carboxylic acids is 1. The maximum absolute atomic E-state index is 12.5. The molecule has 2 aromatic carbocycles. The molecular formula is C21H22N2O2. The summed E-state index contributed by atoms with van der Waals surface area (Å²) < 4.78 is 7.29. The number of carbonyl (C=O) groups is 1. The summed E-state index contributed by atoms with van der Waals surface area (Å²) in [6, 6.07) is 21.8. The van der Waals surface area contributed by atoms with Crippen molar-refractivity contribution in [3.63, 3.8) is 0 Å². The third-order valence-corrected chi connectivity index (χ3v) is 4.17. The van der Waals surface area contributed by atoms with E-state index in [4.69, 9.17) is 4.74 Å². The molecule has 3 aromatic rings. The minimum atomic E-state index is -0.0125. The van der Waals surface area contributed by atoms with Gasteiger partial charge in [0.1, 0.15) is 5.75 Å². The van der Waals surface area contributed by atoms with Gasteiger partial charge < -0.3 is 14.6 Å². The molecule has 4 nitrogen and oxygen atoms in total. The van der Waals surface area contributed by atoms with Gasteiger partial charge in [-0.25, -0.2) is 0 Å². The molecule has 0 unspecified atom stereocenters. The zero-order chi connectivity index (χ0) is 17.5. The van der Waals surface area contributed by atoms with Crippen LogP contribution in [0.3, 0.4) is 0 Å². The van der Waals surface area contributed by atoms with Crippen molar-refractivity contribution in [3.8, 4) is 5.75 Å². The minimum absolute atomic E-state index is 0.0125. The van der Waals surface area contributed by atoms with Crippen molar-refractivity contribution in [1.29, 1.82) is 0 Å². The van der Waals surface area contributed by atoms with Gasteiger partial charge in [0.15, 0.2) is 0 Å². The Hall–Kier alpha value is -3.01. The van der Waals surface area contributed by atoms with E-state index in [9.17, 15) is 4.79 Å². The number of benzene rings is 2. The molecule has 0 bridgehead atoms. The van der Waals surface area contributed by atoms with Crippen LogP contribution in [0, 0.1) is 0 Å². The molecule has 0 fully saturated rings. The van der Waals surface area contributed by atoms with Crippen molar-refractivity contribution in [2.24, 2.45) is 0 Å². The number of methoxy groups -OCH3 is 1. The standard InChI is InChI=1S/C21H22N2O2/c1-25-19-11-7-8-17(14-19)16-22-21(24)15-20(23-12-5-6-13-23)18-9-3-2-4-10-18/h2-14,20H,15-16H2,1H3,(H,22,24)/t20-/m1/s1. The monoisotopic (exact) mass is 334 g/mol. The predicted octanol–water partition coefficient (Wildman–Crippen LogP) is 3.79. The van der Waals surface area contributed by atoms with Crippen molar-refractivity contribution < 1.29 is 9.53 Å². The Morgan fingerprint density at radius 2 is 1.80 bits per heavy atom. The van der Waals surface area contributed by atoms with Gasteiger partial charge in [0.25, 0.3) is 0 Å².